The number of carbonyl (C=O) groups excluding carboxylic acids is 1. The number of benzene rings is 1. The molecule has 1 aliphatic rings. The Morgan fingerprint density at radius 3 is 2.62 bits per heavy atom. The lowest BCUT2D eigenvalue weighted by Crippen LogP contribution is -2.41. The molecule has 32 heavy (non-hydrogen) atoms. The van der Waals surface area contributed by atoms with E-state index in [1.807, 2.05) is 6.07 Å². The second kappa shape index (κ2) is 8.91. The van der Waals surface area contributed by atoms with Crippen LogP contribution in [-0.2, 0) is 26.1 Å². The van der Waals surface area contributed by atoms with Crippen LogP contribution in [0.5, 0.6) is 0 Å². The highest BCUT2D eigenvalue weighted by Gasteiger charge is 2.35. The fourth-order valence-electron chi connectivity index (χ4n) is 4.04. The standard InChI is InChI=1S/C21H25N3O7S/c1-14-19(15(2)31-22-14)32(27,28)23-11-8-16(9-12-23)20(25)29-13-5-10-24-17-6-3-4-7-18(17)30-21(24)26/h3-4,6-7,16H,5,8-13H2,1-2H3. The molecule has 0 saturated carbocycles. The van der Waals surface area contributed by atoms with Crippen molar-refractivity contribution >= 4 is 27.1 Å². The van der Waals surface area contributed by atoms with Gasteiger partial charge in [0.1, 0.15) is 10.6 Å². The number of sulfonamides is 1. The predicted octanol–water partition coefficient (Wildman–Crippen LogP) is 2.23. The van der Waals surface area contributed by atoms with Crippen LogP contribution in [0, 0.1) is 19.8 Å². The summed E-state index contributed by atoms with van der Waals surface area (Å²) in [5.41, 5.74) is 1.55. The second-order valence-electron chi connectivity index (χ2n) is 7.84. The Kier molecular flexibility index (Phi) is 6.20. The number of carbonyl (C=O) groups is 1. The number of hydrogen-bond acceptors (Lipinski definition) is 8. The number of oxazole rings is 1. The summed E-state index contributed by atoms with van der Waals surface area (Å²) in [4.78, 5) is 24.5. The van der Waals surface area contributed by atoms with Crippen molar-refractivity contribution in [3.63, 3.8) is 0 Å². The molecule has 10 nitrogen and oxygen atoms in total. The van der Waals surface area contributed by atoms with Crippen LogP contribution >= 0.6 is 0 Å². The first-order valence-electron chi connectivity index (χ1n) is 10.5. The van der Waals surface area contributed by atoms with Gasteiger partial charge in [0.2, 0.25) is 10.0 Å². The topological polar surface area (TPSA) is 125 Å². The van der Waals surface area contributed by atoms with Crippen LogP contribution in [0.2, 0.25) is 0 Å². The smallest absolute Gasteiger partial charge is 0.419 e. The van der Waals surface area contributed by atoms with Crippen molar-refractivity contribution in [3.05, 3.63) is 46.3 Å². The molecule has 0 aliphatic carbocycles. The average Bonchev–Trinajstić information content (AvgIpc) is 3.29. The highest BCUT2D eigenvalue weighted by atomic mass is 32.2. The molecule has 3 heterocycles. The van der Waals surface area contributed by atoms with Crippen molar-refractivity contribution in [1.82, 2.24) is 14.0 Å². The fourth-order valence-corrected chi connectivity index (χ4v) is 5.80. The van der Waals surface area contributed by atoms with Crippen molar-refractivity contribution in [2.24, 2.45) is 5.92 Å². The first kappa shape index (κ1) is 22.3. The van der Waals surface area contributed by atoms with Gasteiger partial charge in [-0.15, -0.1) is 0 Å². The molecule has 1 saturated heterocycles. The third-order valence-corrected chi connectivity index (χ3v) is 7.84. The van der Waals surface area contributed by atoms with Crippen LogP contribution in [0.3, 0.4) is 0 Å². The van der Waals surface area contributed by atoms with Crippen molar-refractivity contribution < 1.29 is 26.9 Å². The number of para-hydroxylation sites is 2. The third-order valence-electron chi connectivity index (χ3n) is 5.70. The summed E-state index contributed by atoms with van der Waals surface area (Å²) in [6.45, 7) is 4.15. The van der Waals surface area contributed by atoms with Crippen LogP contribution in [0.15, 0.2) is 42.9 Å². The maximum Gasteiger partial charge on any atom is 0.419 e. The van der Waals surface area contributed by atoms with E-state index in [2.05, 4.69) is 5.16 Å². The first-order chi connectivity index (χ1) is 15.3. The van der Waals surface area contributed by atoms with Gasteiger partial charge in [-0.1, -0.05) is 17.3 Å². The van der Waals surface area contributed by atoms with Gasteiger partial charge in [0, 0.05) is 19.6 Å². The molecular formula is C21H25N3O7S. The van der Waals surface area contributed by atoms with Gasteiger partial charge >= 0.3 is 11.7 Å². The largest absolute Gasteiger partial charge is 0.465 e. The Morgan fingerprint density at radius 1 is 1.22 bits per heavy atom. The minimum atomic E-state index is -3.71. The van der Waals surface area contributed by atoms with Gasteiger partial charge in [0.05, 0.1) is 18.0 Å². The molecule has 0 N–H and O–H groups in total. The molecule has 0 bridgehead atoms. The third kappa shape index (κ3) is 4.22. The molecular weight excluding hydrogens is 438 g/mol. The summed E-state index contributed by atoms with van der Waals surface area (Å²) in [6, 6.07) is 7.15. The lowest BCUT2D eigenvalue weighted by atomic mass is 9.98. The van der Waals surface area contributed by atoms with Crippen LogP contribution < -0.4 is 5.76 Å². The first-order valence-corrected chi connectivity index (χ1v) is 11.9. The van der Waals surface area contributed by atoms with Crippen LogP contribution in [0.1, 0.15) is 30.7 Å². The van der Waals surface area contributed by atoms with Gasteiger partial charge in [-0.2, -0.15) is 4.31 Å². The van der Waals surface area contributed by atoms with E-state index >= 15 is 0 Å². The zero-order valence-electron chi connectivity index (χ0n) is 17.9. The van der Waals surface area contributed by atoms with E-state index in [1.54, 1.807) is 32.0 Å². The van der Waals surface area contributed by atoms with E-state index in [9.17, 15) is 18.0 Å². The Hall–Kier alpha value is -2.92. The quantitative estimate of drug-likeness (QED) is 0.386. The molecule has 1 aliphatic heterocycles. The number of hydrogen-bond donors (Lipinski definition) is 0. The summed E-state index contributed by atoms with van der Waals surface area (Å²) in [5.74, 6) is -0.884. The Bertz CT molecular complexity index is 1260. The minimum absolute atomic E-state index is 0.0977. The molecule has 0 unspecified atom stereocenters. The number of aryl methyl sites for hydroxylation is 3. The van der Waals surface area contributed by atoms with Gasteiger partial charge in [-0.3, -0.25) is 9.36 Å². The van der Waals surface area contributed by atoms with Crippen LogP contribution in [0.4, 0.5) is 0 Å². The maximum atomic E-state index is 12.9. The number of nitrogens with zero attached hydrogens (tertiary/aromatic N) is 3. The molecule has 172 valence electrons. The number of piperidine rings is 1. The van der Waals surface area contributed by atoms with Gasteiger partial charge in [-0.25, -0.2) is 13.2 Å². The Morgan fingerprint density at radius 2 is 1.94 bits per heavy atom. The van der Waals surface area contributed by atoms with E-state index in [4.69, 9.17) is 13.7 Å². The zero-order chi connectivity index (χ0) is 22.9. The summed E-state index contributed by atoms with van der Waals surface area (Å²) >= 11 is 0. The van der Waals surface area contributed by atoms with E-state index in [0.29, 0.717) is 42.6 Å². The van der Waals surface area contributed by atoms with Crippen molar-refractivity contribution in [3.8, 4) is 0 Å². The number of ether oxygens (including phenoxy) is 1. The van der Waals surface area contributed by atoms with E-state index < -0.39 is 15.8 Å². The number of fused-ring (bicyclic) bond motifs is 1. The maximum absolute atomic E-state index is 12.9. The Balaban J connectivity index is 1.27. The summed E-state index contributed by atoms with van der Waals surface area (Å²) in [5, 5.41) is 3.72. The van der Waals surface area contributed by atoms with Crippen molar-refractivity contribution in [1.29, 1.82) is 0 Å². The molecule has 0 amide bonds. The van der Waals surface area contributed by atoms with Crippen molar-refractivity contribution in [2.75, 3.05) is 19.7 Å². The van der Waals surface area contributed by atoms with Gasteiger partial charge in [-0.05, 0) is 45.2 Å². The van der Waals surface area contributed by atoms with Crippen molar-refractivity contribution in [2.45, 2.75) is 44.6 Å². The van der Waals surface area contributed by atoms with Gasteiger partial charge < -0.3 is 13.7 Å². The van der Waals surface area contributed by atoms with Gasteiger partial charge in [0.15, 0.2) is 11.3 Å². The molecule has 0 atom stereocenters. The highest BCUT2D eigenvalue weighted by Crippen LogP contribution is 2.28. The molecule has 11 heteroatoms. The fraction of sp³-hybridized carbons (Fsp3) is 0.476. The normalized spacial score (nSPS) is 15.9. The van der Waals surface area contributed by atoms with E-state index in [1.165, 1.54) is 8.87 Å². The molecule has 4 rings (SSSR count). The number of aromatic nitrogens is 2. The Labute approximate surface area is 184 Å². The zero-order valence-corrected chi connectivity index (χ0v) is 18.8. The molecule has 1 fully saturated rings. The lowest BCUT2D eigenvalue weighted by molar-refractivity contribution is -0.150. The van der Waals surface area contributed by atoms with E-state index in [0.717, 1.165) is 0 Å². The summed E-state index contributed by atoms with van der Waals surface area (Å²) in [7, 11) is -3.71. The highest BCUT2D eigenvalue weighted by molar-refractivity contribution is 7.89. The average molecular weight is 464 g/mol. The minimum Gasteiger partial charge on any atom is -0.465 e. The van der Waals surface area contributed by atoms with Crippen LogP contribution in [0.25, 0.3) is 11.1 Å². The van der Waals surface area contributed by atoms with E-state index in [-0.39, 0.29) is 42.2 Å². The summed E-state index contributed by atoms with van der Waals surface area (Å²) in [6.07, 6.45) is 1.23. The SMILES string of the molecule is Cc1noc(C)c1S(=O)(=O)N1CCC(C(=O)OCCCn2c(=O)oc3ccccc32)CC1. The number of esters is 1. The molecule has 1 aromatic carbocycles. The summed E-state index contributed by atoms with van der Waals surface area (Å²) < 4.78 is 44.2. The number of rotatable bonds is 7. The van der Waals surface area contributed by atoms with Gasteiger partial charge in [0.25, 0.3) is 0 Å². The van der Waals surface area contributed by atoms with Crippen LogP contribution in [-0.4, -0.2) is 48.1 Å². The lowest BCUT2D eigenvalue weighted by Gasteiger charge is -2.30. The molecule has 0 spiro atoms. The molecule has 3 aromatic rings. The molecule has 0 radical (unpaired) electrons. The predicted molar refractivity (Wildman–Crippen MR) is 114 cm³/mol. The molecule has 2 aromatic heterocycles. The monoisotopic (exact) mass is 463 g/mol. The second-order valence-corrected chi connectivity index (χ2v) is 9.71.